The van der Waals surface area contributed by atoms with Gasteiger partial charge >= 0.3 is 0 Å². The van der Waals surface area contributed by atoms with Crippen molar-refractivity contribution in [3.05, 3.63) is 0 Å². The molecule has 1 saturated heterocycles. The lowest BCUT2D eigenvalue weighted by Gasteiger charge is -2.39. The number of hydrogen-bond acceptors (Lipinski definition) is 2. The molecule has 3 nitrogen and oxygen atoms in total. The van der Waals surface area contributed by atoms with Crippen LogP contribution in [0, 0.1) is 11.8 Å². The summed E-state index contributed by atoms with van der Waals surface area (Å²) >= 11 is 0. The van der Waals surface area contributed by atoms with Gasteiger partial charge in [0.05, 0.1) is 0 Å². The van der Waals surface area contributed by atoms with Gasteiger partial charge in [0.2, 0.25) is 5.91 Å². The summed E-state index contributed by atoms with van der Waals surface area (Å²) in [7, 11) is 0. The molecule has 3 heteroatoms. The largest absolute Gasteiger partial charge is 0.338 e. The number of nitrogens with zero attached hydrogens (tertiary/aromatic N) is 1. The third-order valence-corrected chi connectivity index (χ3v) is 4.92. The van der Waals surface area contributed by atoms with E-state index >= 15 is 0 Å². The quantitative estimate of drug-likeness (QED) is 0.835. The van der Waals surface area contributed by atoms with Gasteiger partial charge in [-0.3, -0.25) is 4.79 Å². The summed E-state index contributed by atoms with van der Waals surface area (Å²) in [5, 5.41) is 0. The third-order valence-electron chi connectivity index (χ3n) is 4.92. The van der Waals surface area contributed by atoms with Gasteiger partial charge < -0.3 is 10.6 Å². The molecule has 104 valence electrons. The maximum Gasteiger partial charge on any atom is 0.222 e. The van der Waals surface area contributed by atoms with Gasteiger partial charge in [0.25, 0.3) is 0 Å². The molecule has 2 atom stereocenters. The molecule has 2 N–H and O–H groups in total. The van der Waals surface area contributed by atoms with E-state index in [0.29, 0.717) is 18.4 Å². The molecule has 1 aliphatic carbocycles. The Balaban J connectivity index is 1.82. The van der Waals surface area contributed by atoms with Crippen LogP contribution in [0.25, 0.3) is 0 Å². The minimum atomic E-state index is 0.287. The van der Waals surface area contributed by atoms with E-state index in [9.17, 15) is 4.79 Å². The summed E-state index contributed by atoms with van der Waals surface area (Å²) in [4.78, 5) is 14.4. The van der Waals surface area contributed by atoms with E-state index < -0.39 is 0 Å². The Morgan fingerprint density at radius 1 is 1.22 bits per heavy atom. The average molecular weight is 252 g/mol. The number of piperidine rings is 1. The van der Waals surface area contributed by atoms with Crippen molar-refractivity contribution in [2.45, 2.75) is 64.3 Å². The van der Waals surface area contributed by atoms with Gasteiger partial charge in [0.15, 0.2) is 0 Å². The van der Waals surface area contributed by atoms with Crippen molar-refractivity contribution < 1.29 is 4.79 Å². The number of likely N-dealkylation sites (tertiary alicyclic amines) is 1. The van der Waals surface area contributed by atoms with Crippen molar-refractivity contribution in [3.8, 4) is 0 Å². The minimum absolute atomic E-state index is 0.287. The topological polar surface area (TPSA) is 46.3 Å². The fourth-order valence-corrected chi connectivity index (χ4v) is 3.69. The van der Waals surface area contributed by atoms with Crippen LogP contribution < -0.4 is 5.73 Å². The molecule has 0 aromatic carbocycles. The maximum atomic E-state index is 12.3. The highest BCUT2D eigenvalue weighted by atomic mass is 16.2. The van der Waals surface area contributed by atoms with Gasteiger partial charge in [0.1, 0.15) is 0 Å². The van der Waals surface area contributed by atoms with Crippen molar-refractivity contribution in [1.82, 2.24) is 4.90 Å². The predicted octanol–water partition coefficient (Wildman–Crippen LogP) is 2.54. The number of amides is 1. The second-order valence-corrected chi connectivity index (χ2v) is 6.20. The van der Waals surface area contributed by atoms with E-state index in [4.69, 9.17) is 5.73 Å². The fraction of sp³-hybridized carbons (Fsp3) is 0.933. The van der Waals surface area contributed by atoms with Gasteiger partial charge in [-0.25, -0.2) is 0 Å². The molecule has 0 bridgehead atoms. The molecule has 1 saturated carbocycles. The molecule has 2 fully saturated rings. The molecule has 0 aromatic rings. The summed E-state index contributed by atoms with van der Waals surface area (Å²) in [6.07, 6.45) is 9.61. The highest BCUT2D eigenvalue weighted by molar-refractivity contribution is 5.76. The summed E-state index contributed by atoms with van der Waals surface area (Å²) in [6.45, 7) is 3.78. The molecule has 2 rings (SSSR count). The van der Waals surface area contributed by atoms with Crippen LogP contribution in [0.4, 0.5) is 0 Å². The maximum absolute atomic E-state index is 12.3. The number of rotatable bonds is 4. The van der Waals surface area contributed by atoms with E-state index in [0.717, 1.165) is 31.7 Å². The first kappa shape index (κ1) is 13.9. The summed E-state index contributed by atoms with van der Waals surface area (Å²) in [5.41, 5.74) is 5.85. The lowest BCUT2D eigenvalue weighted by Crippen LogP contribution is -2.51. The third kappa shape index (κ3) is 3.25. The fourth-order valence-electron chi connectivity index (χ4n) is 3.69. The first-order chi connectivity index (χ1) is 8.72. The molecular formula is C15H28N2O. The normalized spacial score (nSPS) is 29.8. The van der Waals surface area contributed by atoms with E-state index in [2.05, 4.69) is 11.8 Å². The van der Waals surface area contributed by atoms with Crippen molar-refractivity contribution in [3.63, 3.8) is 0 Å². The van der Waals surface area contributed by atoms with Crippen LogP contribution in [0.3, 0.4) is 0 Å². The first-order valence-electron chi connectivity index (χ1n) is 7.72. The Labute approximate surface area is 111 Å². The number of carbonyl (C=O) groups excluding carboxylic acids is 1. The van der Waals surface area contributed by atoms with Crippen LogP contribution in [0.15, 0.2) is 0 Å². The molecule has 0 spiro atoms. The molecule has 18 heavy (non-hydrogen) atoms. The monoisotopic (exact) mass is 252 g/mol. The van der Waals surface area contributed by atoms with Gasteiger partial charge in [-0.1, -0.05) is 32.6 Å². The second kappa shape index (κ2) is 6.55. The molecule has 1 heterocycles. The summed E-state index contributed by atoms with van der Waals surface area (Å²) in [5.74, 6) is 1.73. The smallest absolute Gasteiger partial charge is 0.222 e. The van der Waals surface area contributed by atoms with E-state index in [1.807, 2.05) is 0 Å². The van der Waals surface area contributed by atoms with Crippen LogP contribution in [0.2, 0.25) is 0 Å². The zero-order chi connectivity index (χ0) is 13.0. The van der Waals surface area contributed by atoms with Crippen LogP contribution >= 0.6 is 0 Å². The molecule has 0 aromatic heterocycles. The Bertz CT molecular complexity index is 274. The van der Waals surface area contributed by atoms with Crippen LogP contribution in [-0.4, -0.2) is 29.9 Å². The summed E-state index contributed by atoms with van der Waals surface area (Å²) < 4.78 is 0. The second-order valence-electron chi connectivity index (χ2n) is 6.20. The Morgan fingerprint density at radius 2 is 1.94 bits per heavy atom. The molecule has 0 radical (unpaired) electrons. The van der Waals surface area contributed by atoms with Crippen LogP contribution in [0.1, 0.15) is 58.3 Å². The van der Waals surface area contributed by atoms with Gasteiger partial charge in [-0.05, 0) is 31.1 Å². The number of carbonyl (C=O) groups is 1. The van der Waals surface area contributed by atoms with E-state index in [-0.39, 0.29) is 6.04 Å². The molecule has 2 aliphatic rings. The zero-order valence-electron chi connectivity index (χ0n) is 11.7. The SMILES string of the molecule is CC1CCCN(C(=O)CCC2CCCC2)C1CN. The van der Waals surface area contributed by atoms with E-state index in [1.54, 1.807) is 0 Å². The predicted molar refractivity (Wildman–Crippen MR) is 74.1 cm³/mol. The first-order valence-corrected chi connectivity index (χ1v) is 7.72. The highest BCUT2D eigenvalue weighted by Crippen LogP contribution is 2.29. The highest BCUT2D eigenvalue weighted by Gasteiger charge is 2.30. The Kier molecular flexibility index (Phi) is 5.04. The Hall–Kier alpha value is -0.570. The van der Waals surface area contributed by atoms with Gasteiger partial charge in [-0.2, -0.15) is 0 Å². The number of hydrogen-bond donors (Lipinski definition) is 1. The van der Waals surface area contributed by atoms with Gasteiger partial charge in [-0.15, -0.1) is 0 Å². The zero-order valence-corrected chi connectivity index (χ0v) is 11.7. The lowest BCUT2D eigenvalue weighted by molar-refractivity contribution is -0.136. The summed E-state index contributed by atoms with van der Waals surface area (Å²) in [6, 6.07) is 0.287. The molecule has 1 aliphatic heterocycles. The molecule has 1 amide bonds. The minimum Gasteiger partial charge on any atom is -0.338 e. The Morgan fingerprint density at radius 3 is 2.61 bits per heavy atom. The molecule has 2 unspecified atom stereocenters. The molecular weight excluding hydrogens is 224 g/mol. The van der Waals surface area contributed by atoms with Gasteiger partial charge in [0, 0.05) is 25.6 Å². The lowest BCUT2D eigenvalue weighted by atomic mass is 9.90. The van der Waals surface area contributed by atoms with Crippen molar-refractivity contribution in [2.75, 3.05) is 13.1 Å². The standard InChI is InChI=1S/C15H28N2O/c1-12-5-4-10-17(14(12)11-16)15(18)9-8-13-6-2-3-7-13/h12-14H,2-11,16H2,1H3. The number of nitrogens with two attached hydrogens (primary N) is 1. The van der Waals surface area contributed by atoms with Crippen molar-refractivity contribution >= 4 is 5.91 Å². The van der Waals surface area contributed by atoms with Crippen molar-refractivity contribution in [2.24, 2.45) is 17.6 Å². The van der Waals surface area contributed by atoms with E-state index in [1.165, 1.54) is 32.1 Å². The van der Waals surface area contributed by atoms with Crippen LogP contribution in [0.5, 0.6) is 0 Å². The average Bonchev–Trinajstić information content (AvgIpc) is 2.88. The van der Waals surface area contributed by atoms with Crippen molar-refractivity contribution in [1.29, 1.82) is 0 Å². The van der Waals surface area contributed by atoms with Crippen LogP contribution in [-0.2, 0) is 4.79 Å².